The molecular formula is C12H21N3O. The molecule has 0 aliphatic heterocycles. The lowest BCUT2D eigenvalue weighted by Gasteiger charge is -2.20. The molecular weight excluding hydrogens is 202 g/mol. The summed E-state index contributed by atoms with van der Waals surface area (Å²) in [7, 11) is 3.69. The molecule has 90 valence electrons. The van der Waals surface area contributed by atoms with Gasteiger partial charge in [0.05, 0.1) is 6.10 Å². The van der Waals surface area contributed by atoms with Crippen LogP contribution in [-0.2, 0) is 11.2 Å². The Morgan fingerprint density at radius 1 is 1.56 bits per heavy atom. The van der Waals surface area contributed by atoms with E-state index in [0.717, 1.165) is 18.4 Å². The van der Waals surface area contributed by atoms with Crippen LogP contribution in [0.3, 0.4) is 0 Å². The van der Waals surface area contributed by atoms with Gasteiger partial charge in [-0.3, -0.25) is 0 Å². The summed E-state index contributed by atoms with van der Waals surface area (Å²) in [6.07, 6.45) is 3.80. The Balaban J connectivity index is 2.60. The molecule has 0 aliphatic rings. The monoisotopic (exact) mass is 223 g/mol. The lowest BCUT2D eigenvalue weighted by Crippen LogP contribution is -2.31. The van der Waals surface area contributed by atoms with Crippen LogP contribution < -0.4 is 11.1 Å². The predicted molar refractivity (Wildman–Crippen MR) is 66.3 cm³/mol. The molecule has 16 heavy (non-hydrogen) atoms. The molecule has 0 aromatic carbocycles. The van der Waals surface area contributed by atoms with Crippen LogP contribution in [-0.4, -0.2) is 31.3 Å². The van der Waals surface area contributed by atoms with Crippen LogP contribution in [0.5, 0.6) is 0 Å². The number of methoxy groups -OCH3 is 1. The number of nitrogens with zero attached hydrogens (tertiary/aromatic N) is 1. The van der Waals surface area contributed by atoms with Gasteiger partial charge >= 0.3 is 0 Å². The van der Waals surface area contributed by atoms with Gasteiger partial charge in [-0.1, -0.05) is 6.07 Å². The van der Waals surface area contributed by atoms with Crippen molar-refractivity contribution in [3.05, 3.63) is 23.9 Å². The molecule has 0 bridgehead atoms. The molecule has 2 unspecified atom stereocenters. The minimum atomic E-state index is 0.246. The Labute approximate surface area is 97.2 Å². The number of hydrogen-bond donors (Lipinski definition) is 2. The summed E-state index contributed by atoms with van der Waals surface area (Å²) in [6.45, 7) is 2.07. The van der Waals surface area contributed by atoms with E-state index in [1.54, 1.807) is 13.3 Å². The fourth-order valence-electron chi connectivity index (χ4n) is 1.69. The van der Waals surface area contributed by atoms with Crippen LogP contribution in [0.25, 0.3) is 0 Å². The van der Waals surface area contributed by atoms with E-state index in [-0.39, 0.29) is 6.10 Å². The lowest BCUT2D eigenvalue weighted by molar-refractivity contribution is 0.101. The van der Waals surface area contributed by atoms with E-state index in [2.05, 4.69) is 17.2 Å². The first-order valence-corrected chi connectivity index (χ1v) is 5.56. The number of pyridine rings is 1. The van der Waals surface area contributed by atoms with Crippen molar-refractivity contribution < 1.29 is 4.74 Å². The Bertz CT molecular complexity index is 317. The maximum absolute atomic E-state index is 5.82. The largest absolute Gasteiger partial charge is 0.383 e. The van der Waals surface area contributed by atoms with Gasteiger partial charge in [-0.2, -0.15) is 0 Å². The average molecular weight is 223 g/mol. The quantitative estimate of drug-likeness (QED) is 0.761. The maximum Gasteiger partial charge on any atom is 0.126 e. The molecule has 1 aromatic heterocycles. The number of likely N-dealkylation sites (N-methyl/N-ethyl adjacent to an activating group) is 1. The number of nitrogens with two attached hydrogens (primary N) is 1. The molecule has 3 N–H and O–H groups in total. The van der Waals surface area contributed by atoms with Crippen molar-refractivity contribution in [1.82, 2.24) is 10.3 Å². The smallest absolute Gasteiger partial charge is 0.126 e. The van der Waals surface area contributed by atoms with Crippen LogP contribution in [0.1, 0.15) is 18.9 Å². The van der Waals surface area contributed by atoms with Gasteiger partial charge in [-0.15, -0.1) is 0 Å². The van der Waals surface area contributed by atoms with E-state index in [4.69, 9.17) is 10.5 Å². The zero-order valence-electron chi connectivity index (χ0n) is 10.2. The van der Waals surface area contributed by atoms with Crippen LogP contribution in [0, 0.1) is 0 Å². The first-order valence-electron chi connectivity index (χ1n) is 5.56. The molecule has 0 saturated heterocycles. The molecule has 0 fully saturated rings. The van der Waals surface area contributed by atoms with E-state index in [0.29, 0.717) is 11.9 Å². The van der Waals surface area contributed by atoms with E-state index in [9.17, 15) is 0 Å². The summed E-state index contributed by atoms with van der Waals surface area (Å²) in [6, 6.07) is 4.30. The van der Waals surface area contributed by atoms with Crippen LogP contribution in [0.15, 0.2) is 18.3 Å². The van der Waals surface area contributed by atoms with Gasteiger partial charge in [0, 0.05) is 19.3 Å². The molecule has 0 spiro atoms. The van der Waals surface area contributed by atoms with Crippen molar-refractivity contribution in [2.24, 2.45) is 0 Å². The van der Waals surface area contributed by atoms with Gasteiger partial charge < -0.3 is 15.8 Å². The van der Waals surface area contributed by atoms with Crippen molar-refractivity contribution in [3.63, 3.8) is 0 Å². The van der Waals surface area contributed by atoms with E-state index in [1.807, 2.05) is 19.2 Å². The number of nitrogens with one attached hydrogen (secondary N) is 1. The summed E-state index contributed by atoms with van der Waals surface area (Å²) in [5.74, 6) is 0.618. The Morgan fingerprint density at radius 2 is 2.31 bits per heavy atom. The highest BCUT2D eigenvalue weighted by atomic mass is 16.5. The normalized spacial score (nSPS) is 14.7. The number of hydrogen-bond acceptors (Lipinski definition) is 4. The highest BCUT2D eigenvalue weighted by molar-refractivity contribution is 5.38. The SMILES string of the molecule is CNC(Cc1cccnc1N)CC(C)OC. The highest BCUT2D eigenvalue weighted by Gasteiger charge is 2.13. The molecule has 0 aliphatic carbocycles. The van der Waals surface area contributed by atoms with Crippen LogP contribution >= 0.6 is 0 Å². The Kier molecular flexibility index (Phi) is 5.22. The third-order valence-corrected chi connectivity index (χ3v) is 2.82. The predicted octanol–water partition coefficient (Wildman–Crippen LogP) is 1.22. The van der Waals surface area contributed by atoms with Gasteiger partial charge in [-0.05, 0) is 38.4 Å². The molecule has 1 aromatic rings. The fraction of sp³-hybridized carbons (Fsp3) is 0.583. The van der Waals surface area contributed by atoms with Crippen LogP contribution in [0.2, 0.25) is 0 Å². The second kappa shape index (κ2) is 6.45. The van der Waals surface area contributed by atoms with Gasteiger partial charge in [-0.25, -0.2) is 4.98 Å². The van der Waals surface area contributed by atoms with E-state index in [1.165, 1.54) is 0 Å². The van der Waals surface area contributed by atoms with Crippen molar-refractivity contribution in [2.45, 2.75) is 31.9 Å². The second-order valence-electron chi connectivity index (χ2n) is 4.02. The molecule has 0 amide bonds. The van der Waals surface area contributed by atoms with Gasteiger partial charge in [0.15, 0.2) is 0 Å². The lowest BCUT2D eigenvalue weighted by atomic mass is 10.0. The molecule has 1 heterocycles. The van der Waals surface area contributed by atoms with Crippen molar-refractivity contribution in [3.8, 4) is 0 Å². The minimum Gasteiger partial charge on any atom is -0.383 e. The summed E-state index contributed by atoms with van der Waals surface area (Å²) < 4.78 is 5.26. The van der Waals surface area contributed by atoms with Gasteiger partial charge in [0.1, 0.15) is 5.82 Å². The Hall–Kier alpha value is -1.13. The molecule has 2 atom stereocenters. The molecule has 1 rings (SSSR count). The van der Waals surface area contributed by atoms with E-state index >= 15 is 0 Å². The first-order chi connectivity index (χ1) is 7.67. The minimum absolute atomic E-state index is 0.246. The third kappa shape index (κ3) is 3.79. The Morgan fingerprint density at radius 3 is 2.88 bits per heavy atom. The third-order valence-electron chi connectivity index (χ3n) is 2.82. The standard InChI is InChI=1S/C12H21N3O/c1-9(16-3)7-11(14-2)8-10-5-4-6-15-12(10)13/h4-6,9,11,14H,7-8H2,1-3H3,(H2,13,15). The van der Waals surface area contributed by atoms with Crippen molar-refractivity contribution >= 4 is 5.82 Å². The number of aromatic nitrogens is 1. The number of ether oxygens (including phenoxy) is 1. The van der Waals surface area contributed by atoms with Crippen molar-refractivity contribution in [2.75, 3.05) is 19.9 Å². The van der Waals surface area contributed by atoms with Crippen molar-refractivity contribution in [1.29, 1.82) is 0 Å². The summed E-state index contributed by atoms with van der Waals surface area (Å²) >= 11 is 0. The first kappa shape index (κ1) is 12.9. The highest BCUT2D eigenvalue weighted by Crippen LogP contribution is 2.13. The van der Waals surface area contributed by atoms with E-state index < -0.39 is 0 Å². The average Bonchev–Trinajstić information content (AvgIpc) is 2.30. The molecule has 4 heteroatoms. The number of nitrogen functional groups attached to an aromatic ring is 1. The van der Waals surface area contributed by atoms with Crippen LogP contribution in [0.4, 0.5) is 5.82 Å². The molecule has 4 nitrogen and oxygen atoms in total. The molecule has 0 radical (unpaired) electrons. The second-order valence-corrected chi connectivity index (χ2v) is 4.02. The zero-order chi connectivity index (χ0) is 12.0. The number of anilines is 1. The maximum atomic E-state index is 5.82. The molecule has 0 saturated carbocycles. The van der Waals surface area contributed by atoms with Gasteiger partial charge in [0.2, 0.25) is 0 Å². The number of rotatable bonds is 6. The summed E-state index contributed by atoms with van der Waals surface area (Å²) in [4.78, 5) is 4.08. The summed E-state index contributed by atoms with van der Waals surface area (Å²) in [5, 5.41) is 3.28. The topological polar surface area (TPSA) is 60.2 Å². The summed E-state index contributed by atoms with van der Waals surface area (Å²) in [5.41, 5.74) is 6.90. The zero-order valence-corrected chi connectivity index (χ0v) is 10.2. The fourth-order valence-corrected chi connectivity index (χ4v) is 1.69. The van der Waals surface area contributed by atoms with Gasteiger partial charge in [0.25, 0.3) is 0 Å².